The summed E-state index contributed by atoms with van der Waals surface area (Å²) >= 11 is 0. The number of hydrogen-bond acceptors (Lipinski definition) is 2. The maximum absolute atomic E-state index is 5.34. The Hall–Kier alpha value is -0.920. The molecule has 2 N–H and O–H groups in total. The molecule has 0 aliphatic rings. The quantitative estimate of drug-likeness (QED) is 0.683. The summed E-state index contributed by atoms with van der Waals surface area (Å²) in [5.74, 6) is 0. The maximum Gasteiger partial charge on any atom is 0.0302 e. The summed E-state index contributed by atoms with van der Waals surface area (Å²) in [6.07, 6.45) is 9.94. The van der Waals surface area contributed by atoms with Gasteiger partial charge in [-0.15, -0.1) is 0 Å². The molecule has 0 saturated heterocycles. The summed E-state index contributed by atoms with van der Waals surface area (Å²) in [5.41, 5.74) is 5.34. The maximum atomic E-state index is 5.34. The fourth-order valence-electron chi connectivity index (χ4n) is 1.18. The normalized spacial score (nSPS) is 14.2. The molecule has 0 amide bonds. The lowest BCUT2D eigenvalue weighted by Gasteiger charge is -2.23. The summed E-state index contributed by atoms with van der Waals surface area (Å²) in [6.45, 7) is 6.40. The van der Waals surface area contributed by atoms with Crippen LogP contribution in [0.1, 0.15) is 33.6 Å². The summed E-state index contributed by atoms with van der Waals surface area (Å²) in [6, 6.07) is 0.533. The van der Waals surface area contributed by atoms with Crippen LogP contribution in [-0.2, 0) is 0 Å². The molecule has 0 aliphatic heterocycles. The highest BCUT2D eigenvalue weighted by molar-refractivity contribution is 4.91. The van der Waals surface area contributed by atoms with E-state index in [1.807, 2.05) is 25.4 Å². The van der Waals surface area contributed by atoms with Crippen LogP contribution in [0.3, 0.4) is 0 Å². The molecule has 0 aromatic carbocycles. The van der Waals surface area contributed by atoms with Gasteiger partial charge < -0.3 is 10.6 Å². The zero-order valence-corrected chi connectivity index (χ0v) is 8.33. The molecule has 70 valence electrons. The average molecular weight is 168 g/mol. The molecule has 0 aromatic heterocycles. The lowest BCUT2D eigenvalue weighted by Crippen LogP contribution is -2.22. The molecule has 2 heteroatoms. The van der Waals surface area contributed by atoms with E-state index in [-0.39, 0.29) is 0 Å². The Morgan fingerprint density at radius 1 is 1.42 bits per heavy atom. The zero-order chi connectivity index (χ0) is 9.40. The van der Waals surface area contributed by atoms with Gasteiger partial charge in [0.1, 0.15) is 0 Å². The summed E-state index contributed by atoms with van der Waals surface area (Å²) in [4.78, 5) is 2.13. The standard InChI is InChI=1S/C10H20N2/c1-4-6-10(3)12(8-5-2)9-7-11/h5,7-10H,4,6,11H2,1-3H3/b8-5-,9-7-. The van der Waals surface area contributed by atoms with Gasteiger partial charge in [-0.1, -0.05) is 19.4 Å². The van der Waals surface area contributed by atoms with Crippen LogP contribution in [0.5, 0.6) is 0 Å². The molecule has 0 fully saturated rings. The van der Waals surface area contributed by atoms with Crippen LogP contribution in [0.2, 0.25) is 0 Å². The highest BCUT2D eigenvalue weighted by Gasteiger charge is 2.04. The Balaban J connectivity index is 4.08. The molecule has 0 bridgehead atoms. The molecule has 0 aromatic rings. The SMILES string of the molecule is C/C=C\N(/C=C\N)C(C)CCC. The predicted octanol–water partition coefficient (Wildman–Crippen LogP) is 2.44. The minimum absolute atomic E-state index is 0.533. The lowest BCUT2D eigenvalue weighted by atomic mass is 10.2. The van der Waals surface area contributed by atoms with E-state index in [0.29, 0.717) is 6.04 Å². The largest absolute Gasteiger partial charge is 0.403 e. The van der Waals surface area contributed by atoms with E-state index < -0.39 is 0 Å². The van der Waals surface area contributed by atoms with Crippen molar-refractivity contribution in [3.05, 3.63) is 24.7 Å². The molecule has 0 aliphatic carbocycles. The van der Waals surface area contributed by atoms with Crippen molar-refractivity contribution in [3.8, 4) is 0 Å². The molecule has 2 nitrogen and oxygen atoms in total. The highest BCUT2D eigenvalue weighted by atomic mass is 15.1. The molecule has 0 heterocycles. The molecule has 0 spiro atoms. The Kier molecular flexibility index (Phi) is 6.25. The third kappa shape index (κ3) is 4.06. The number of allylic oxidation sites excluding steroid dienone is 1. The number of rotatable bonds is 5. The van der Waals surface area contributed by atoms with Crippen LogP contribution in [-0.4, -0.2) is 10.9 Å². The van der Waals surface area contributed by atoms with Crippen molar-refractivity contribution in [1.82, 2.24) is 4.90 Å². The Bertz CT molecular complexity index is 138. The average Bonchev–Trinajstić information content (AvgIpc) is 2.04. The number of hydrogen-bond donors (Lipinski definition) is 1. The Morgan fingerprint density at radius 3 is 2.50 bits per heavy atom. The van der Waals surface area contributed by atoms with E-state index in [0.717, 1.165) is 0 Å². The molecule has 12 heavy (non-hydrogen) atoms. The van der Waals surface area contributed by atoms with Gasteiger partial charge in [0.15, 0.2) is 0 Å². The van der Waals surface area contributed by atoms with Crippen molar-refractivity contribution in [2.24, 2.45) is 5.73 Å². The zero-order valence-electron chi connectivity index (χ0n) is 8.33. The summed E-state index contributed by atoms with van der Waals surface area (Å²) < 4.78 is 0. The van der Waals surface area contributed by atoms with Crippen molar-refractivity contribution >= 4 is 0 Å². The molecular formula is C10H20N2. The van der Waals surface area contributed by atoms with Crippen molar-refractivity contribution in [2.75, 3.05) is 0 Å². The molecular weight excluding hydrogens is 148 g/mol. The van der Waals surface area contributed by atoms with Crippen LogP contribution in [0, 0.1) is 0 Å². The van der Waals surface area contributed by atoms with Gasteiger partial charge in [0.25, 0.3) is 0 Å². The first-order chi connectivity index (χ1) is 5.76. The van der Waals surface area contributed by atoms with Gasteiger partial charge in [-0.05, 0) is 26.5 Å². The second-order valence-corrected chi connectivity index (χ2v) is 2.91. The predicted molar refractivity (Wildman–Crippen MR) is 54.4 cm³/mol. The van der Waals surface area contributed by atoms with Gasteiger partial charge in [-0.2, -0.15) is 0 Å². The van der Waals surface area contributed by atoms with E-state index >= 15 is 0 Å². The van der Waals surface area contributed by atoms with Crippen LogP contribution < -0.4 is 5.73 Å². The van der Waals surface area contributed by atoms with Crippen molar-refractivity contribution in [1.29, 1.82) is 0 Å². The van der Waals surface area contributed by atoms with Gasteiger partial charge >= 0.3 is 0 Å². The van der Waals surface area contributed by atoms with Crippen LogP contribution in [0.4, 0.5) is 0 Å². The van der Waals surface area contributed by atoms with Gasteiger partial charge in [-0.25, -0.2) is 0 Å². The van der Waals surface area contributed by atoms with Crippen molar-refractivity contribution < 1.29 is 0 Å². The van der Waals surface area contributed by atoms with Crippen LogP contribution in [0.15, 0.2) is 24.7 Å². The van der Waals surface area contributed by atoms with E-state index in [9.17, 15) is 0 Å². The third-order valence-electron chi connectivity index (χ3n) is 1.79. The summed E-state index contributed by atoms with van der Waals surface area (Å²) in [5, 5.41) is 0. The first-order valence-corrected chi connectivity index (χ1v) is 4.54. The van der Waals surface area contributed by atoms with Crippen molar-refractivity contribution in [3.63, 3.8) is 0 Å². The smallest absolute Gasteiger partial charge is 0.0302 e. The van der Waals surface area contributed by atoms with Gasteiger partial charge in [0, 0.05) is 18.4 Å². The van der Waals surface area contributed by atoms with Crippen LogP contribution in [0.25, 0.3) is 0 Å². The van der Waals surface area contributed by atoms with Crippen molar-refractivity contribution in [2.45, 2.75) is 39.7 Å². The number of nitrogens with two attached hydrogens (primary N) is 1. The van der Waals surface area contributed by atoms with Gasteiger partial charge in [-0.3, -0.25) is 0 Å². The second-order valence-electron chi connectivity index (χ2n) is 2.91. The molecule has 0 radical (unpaired) electrons. The minimum Gasteiger partial charge on any atom is -0.403 e. The Labute approximate surface area is 75.7 Å². The summed E-state index contributed by atoms with van der Waals surface area (Å²) in [7, 11) is 0. The minimum atomic E-state index is 0.533. The molecule has 0 rings (SSSR count). The first kappa shape index (κ1) is 11.1. The van der Waals surface area contributed by atoms with E-state index in [1.165, 1.54) is 12.8 Å². The fourth-order valence-corrected chi connectivity index (χ4v) is 1.18. The molecule has 0 saturated carbocycles. The second kappa shape index (κ2) is 6.77. The first-order valence-electron chi connectivity index (χ1n) is 4.54. The van der Waals surface area contributed by atoms with Gasteiger partial charge in [0.05, 0.1) is 0 Å². The van der Waals surface area contributed by atoms with E-state index in [1.54, 1.807) is 6.20 Å². The highest BCUT2D eigenvalue weighted by Crippen LogP contribution is 2.07. The fraction of sp³-hybridized carbons (Fsp3) is 0.600. The topological polar surface area (TPSA) is 29.3 Å². The molecule has 1 atom stereocenters. The third-order valence-corrected chi connectivity index (χ3v) is 1.79. The van der Waals surface area contributed by atoms with E-state index in [2.05, 4.69) is 18.7 Å². The van der Waals surface area contributed by atoms with E-state index in [4.69, 9.17) is 5.73 Å². The Morgan fingerprint density at radius 2 is 2.08 bits per heavy atom. The monoisotopic (exact) mass is 168 g/mol. The number of nitrogens with zero attached hydrogens (tertiary/aromatic N) is 1. The lowest BCUT2D eigenvalue weighted by molar-refractivity contribution is 0.365. The molecule has 1 unspecified atom stereocenters. The van der Waals surface area contributed by atoms with Crippen LogP contribution >= 0.6 is 0 Å². The van der Waals surface area contributed by atoms with Gasteiger partial charge in [0.2, 0.25) is 0 Å².